The summed E-state index contributed by atoms with van der Waals surface area (Å²) in [6.45, 7) is 5.35. The molecule has 0 radical (unpaired) electrons. The van der Waals surface area contributed by atoms with E-state index in [1.165, 1.54) is 29.2 Å². The lowest BCUT2D eigenvalue weighted by atomic mass is 9.95. The van der Waals surface area contributed by atoms with Crippen molar-refractivity contribution in [2.24, 2.45) is 0 Å². The van der Waals surface area contributed by atoms with E-state index in [2.05, 4.69) is 5.32 Å². The van der Waals surface area contributed by atoms with E-state index >= 15 is 4.39 Å². The van der Waals surface area contributed by atoms with E-state index < -0.39 is 35.4 Å². The summed E-state index contributed by atoms with van der Waals surface area (Å²) in [4.78, 5) is 25.9. The normalized spacial score (nSPS) is 13.8. The van der Waals surface area contributed by atoms with Crippen molar-refractivity contribution in [3.8, 4) is 22.3 Å². The van der Waals surface area contributed by atoms with Gasteiger partial charge in [-0.1, -0.05) is 18.2 Å². The van der Waals surface area contributed by atoms with Crippen LogP contribution in [-0.2, 0) is 11.3 Å². The number of furan rings is 1. The number of carbonyl (C=O) groups excluding carboxylic acids is 2. The molecule has 0 spiro atoms. The Balaban J connectivity index is 1.50. The Hall–Kier alpha value is -4.27. The van der Waals surface area contributed by atoms with Crippen LogP contribution in [0.25, 0.3) is 33.2 Å². The first-order valence-electron chi connectivity index (χ1n) is 12.5. The first-order chi connectivity index (χ1) is 18.5. The fourth-order valence-corrected chi connectivity index (χ4v) is 4.42. The van der Waals surface area contributed by atoms with E-state index in [1.807, 2.05) is 0 Å². The summed E-state index contributed by atoms with van der Waals surface area (Å²) < 4.78 is 53.5. The average molecular weight is 537 g/mol. The van der Waals surface area contributed by atoms with Crippen LogP contribution < -0.4 is 5.32 Å². The topological polar surface area (TPSA) is 71.8 Å². The van der Waals surface area contributed by atoms with Crippen molar-refractivity contribution in [1.82, 2.24) is 10.2 Å². The molecule has 1 saturated heterocycles. The minimum Gasteiger partial charge on any atom is -0.459 e. The van der Waals surface area contributed by atoms with Gasteiger partial charge in [-0.3, -0.25) is 4.79 Å². The molecule has 4 aromatic rings. The van der Waals surface area contributed by atoms with Gasteiger partial charge < -0.3 is 19.4 Å². The van der Waals surface area contributed by atoms with Crippen molar-refractivity contribution in [2.75, 3.05) is 13.1 Å². The molecule has 1 aromatic heterocycles. The second-order valence-corrected chi connectivity index (χ2v) is 10.5. The van der Waals surface area contributed by atoms with Gasteiger partial charge in [-0.05, 0) is 74.4 Å². The molecule has 3 aromatic carbocycles. The maximum Gasteiger partial charge on any atom is 0.408 e. The van der Waals surface area contributed by atoms with E-state index in [1.54, 1.807) is 51.1 Å². The van der Waals surface area contributed by atoms with Gasteiger partial charge in [-0.2, -0.15) is 0 Å². The molecule has 5 rings (SSSR count). The predicted molar refractivity (Wildman–Crippen MR) is 141 cm³/mol. The van der Waals surface area contributed by atoms with Crippen LogP contribution in [0.3, 0.4) is 0 Å². The van der Waals surface area contributed by atoms with E-state index in [-0.39, 0.29) is 30.8 Å². The number of amides is 2. The average Bonchev–Trinajstić information content (AvgIpc) is 3.27. The van der Waals surface area contributed by atoms with Crippen molar-refractivity contribution in [2.45, 2.75) is 39.1 Å². The monoisotopic (exact) mass is 536 g/mol. The first kappa shape index (κ1) is 26.3. The quantitative estimate of drug-likeness (QED) is 0.302. The lowest BCUT2D eigenvalue weighted by Crippen LogP contribution is -2.51. The Morgan fingerprint density at radius 1 is 0.974 bits per heavy atom. The number of carbonyl (C=O) groups is 2. The molecule has 6 nitrogen and oxygen atoms in total. The van der Waals surface area contributed by atoms with Crippen LogP contribution in [0.2, 0.25) is 0 Å². The third-order valence-electron chi connectivity index (χ3n) is 6.28. The number of rotatable bonds is 5. The van der Waals surface area contributed by atoms with E-state index in [9.17, 15) is 18.4 Å². The molecular weight excluding hydrogens is 509 g/mol. The standard InChI is InChI=1S/C30H27F3N2O4/c1-30(2,3)39-29(37)34-14-23-11-20-10-19(12-25(27(20)38-23)17-4-7-21(31)8-5-17)24-9-6-18(13-26(24)33)28(36)35-15-22(32)16-35/h4-13,22H,14-16H2,1-3H3,(H,34,37). The van der Waals surface area contributed by atoms with Gasteiger partial charge in [0.1, 0.15) is 34.8 Å². The van der Waals surface area contributed by atoms with Crippen molar-refractivity contribution in [3.63, 3.8) is 0 Å². The number of alkyl carbamates (subject to hydrolysis) is 1. The van der Waals surface area contributed by atoms with Gasteiger partial charge in [0.15, 0.2) is 0 Å². The van der Waals surface area contributed by atoms with Gasteiger partial charge in [0.05, 0.1) is 19.6 Å². The van der Waals surface area contributed by atoms with Gasteiger partial charge >= 0.3 is 6.09 Å². The Bertz CT molecular complexity index is 1550. The highest BCUT2D eigenvalue weighted by atomic mass is 19.1. The summed E-state index contributed by atoms with van der Waals surface area (Å²) in [7, 11) is 0. The van der Waals surface area contributed by atoms with E-state index in [4.69, 9.17) is 9.15 Å². The van der Waals surface area contributed by atoms with Crippen LogP contribution in [0.5, 0.6) is 0 Å². The minimum atomic E-state index is -1.05. The van der Waals surface area contributed by atoms with E-state index in [0.29, 0.717) is 33.4 Å². The van der Waals surface area contributed by atoms with Gasteiger partial charge in [-0.15, -0.1) is 0 Å². The molecule has 0 saturated carbocycles. The molecule has 1 N–H and O–H groups in total. The van der Waals surface area contributed by atoms with Gasteiger partial charge in [0.25, 0.3) is 5.91 Å². The van der Waals surface area contributed by atoms with Crippen molar-refractivity contribution in [1.29, 1.82) is 0 Å². The van der Waals surface area contributed by atoms with Crippen LogP contribution in [0, 0.1) is 11.6 Å². The molecule has 1 fully saturated rings. The summed E-state index contributed by atoms with van der Waals surface area (Å²) in [5.74, 6) is -0.995. The second kappa shape index (κ2) is 10.1. The molecule has 0 aliphatic carbocycles. The number of nitrogens with zero attached hydrogens (tertiary/aromatic N) is 1. The van der Waals surface area contributed by atoms with Gasteiger partial charge in [0.2, 0.25) is 0 Å². The highest BCUT2D eigenvalue weighted by Gasteiger charge is 2.31. The smallest absolute Gasteiger partial charge is 0.408 e. The van der Waals surface area contributed by atoms with Crippen molar-refractivity contribution in [3.05, 3.63) is 83.6 Å². The SMILES string of the molecule is CC(C)(C)OC(=O)NCc1cc2cc(-c3ccc(C(=O)N4CC(F)C4)cc3F)cc(-c3ccc(F)cc3)c2o1. The lowest BCUT2D eigenvalue weighted by Gasteiger charge is -2.34. The zero-order valence-electron chi connectivity index (χ0n) is 21.7. The first-order valence-corrected chi connectivity index (χ1v) is 12.5. The number of halogens is 3. The number of benzene rings is 3. The Kier molecular flexibility index (Phi) is 6.84. The molecule has 1 aliphatic heterocycles. The third kappa shape index (κ3) is 5.77. The van der Waals surface area contributed by atoms with E-state index in [0.717, 1.165) is 6.07 Å². The molecule has 2 amide bonds. The third-order valence-corrected chi connectivity index (χ3v) is 6.28. The molecule has 0 unspecified atom stereocenters. The number of hydrogen-bond donors (Lipinski definition) is 1. The number of alkyl halides is 1. The van der Waals surface area contributed by atoms with Crippen molar-refractivity contribution < 1.29 is 31.9 Å². The maximum absolute atomic E-state index is 15.3. The largest absolute Gasteiger partial charge is 0.459 e. The van der Waals surface area contributed by atoms with Crippen LogP contribution >= 0.6 is 0 Å². The molecule has 9 heteroatoms. The Morgan fingerprint density at radius 3 is 2.33 bits per heavy atom. The fourth-order valence-electron chi connectivity index (χ4n) is 4.42. The molecular formula is C30H27F3N2O4. The van der Waals surface area contributed by atoms with Crippen molar-refractivity contribution >= 4 is 23.0 Å². The molecule has 39 heavy (non-hydrogen) atoms. The predicted octanol–water partition coefficient (Wildman–Crippen LogP) is 6.86. The summed E-state index contributed by atoms with van der Waals surface area (Å²) in [5, 5.41) is 3.29. The zero-order chi connectivity index (χ0) is 27.9. The van der Waals surface area contributed by atoms with Gasteiger partial charge in [0, 0.05) is 22.1 Å². The molecule has 0 atom stereocenters. The highest BCUT2D eigenvalue weighted by molar-refractivity contribution is 5.98. The van der Waals surface area contributed by atoms with Crippen LogP contribution in [0.1, 0.15) is 36.9 Å². The number of fused-ring (bicyclic) bond motifs is 1. The van der Waals surface area contributed by atoms with Crippen LogP contribution in [0.4, 0.5) is 18.0 Å². The maximum atomic E-state index is 15.3. The number of ether oxygens (including phenoxy) is 1. The van der Waals surface area contributed by atoms with Gasteiger partial charge in [-0.25, -0.2) is 18.0 Å². The molecule has 2 heterocycles. The minimum absolute atomic E-state index is 0.00546. The summed E-state index contributed by atoms with van der Waals surface area (Å²) in [6.07, 6.45) is -1.65. The van der Waals surface area contributed by atoms with Crippen LogP contribution in [0.15, 0.2) is 65.1 Å². The molecule has 202 valence electrons. The summed E-state index contributed by atoms with van der Waals surface area (Å²) in [5.41, 5.74) is 1.98. The number of hydrogen-bond acceptors (Lipinski definition) is 4. The Labute approximate surface area is 223 Å². The number of nitrogens with one attached hydrogen (secondary N) is 1. The number of likely N-dealkylation sites (tertiary alicyclic amines) is 1. The zero-order valence-corrected chi connectivity index (χ0v) is 21.7. The lowest BCUT2D eigenvalue weighted by molar-refractivity contribution is 0.0399. The molecule has 0 bridgehead atoms. The van der Waals surface area contributed by atoms with Crippen LogP contribution in [-0.4, -0.2) is 41.8 Å². The summed E-state index contributed by atoms with van der Waals surface area (Å²) in [6, 6.07) is 15.2. The Morgan fingerprint density at radius 2 is 1.69 bits per heavy atom. The highest BCUT2D eigenvalue weighted by Crippen LogP contribution is 2.37. The second-order valence-electron chi connectivity index (χ2n) is 10.5. The molecule has 1 aliphatic rings. The summed E-state index contributed by atoms with van der Waals surface area (Å²) >= 11 is 0. The fraction of sp³-hybridized carbons (Fsp3) is 0.267.